The van der Waals surface area contributed by atoms with Gasteiger partial charge in [-0.1, -0.05) is 0 Å². The lowest BCUT2D eigenvalue weighted by Gasteiger charge is -2.33. The largest absolute Gasteiger partial charge is 0.371 e. The van der Waals surface area contributed by atoms with Crippen LogP contribution in [0.15, 0.2) is 18.2 Å². The standard InChI is InChI=1S/C14H16N2O/c1-11-7-12(8-15)4-5-14(11)16-6-2-3-13(9-16)10-17/h4-5,7,10,13H,2-3,6,9H2,1H3. The first-order valence-corrected chi connectivity index (χ1v) is 5.95. The van der Waals surface area contributed by atoms with Crippen molar-refractivity contribution in [2.75, 3.05) is 18.0 Å². The van der Waals surface area contributed by atoms with Crippen molar-refractivity contribution in [2.45, 2.75) is 19.8 Å². The van der Waals surface area contributed by atoms with E-state index in [9.17, 15) is 4.79 Å². The minimum atomic E-state index is 0.152. The first kappa shape index (κ1) is 11.7. The van der Waals surface area contributed by atoms with E-state index in [-0.39, 0.29) is 5.92 Å². The molecule has 1 atom stereocenters. The minimum Gasteiger partial charge on any atom is -0.371 e. The van der Waals surface area contributed by atoms with E-state index in [0.717, 1.165) is 43.5 Å². The van der Waals surface area contributed by atoms with Gasteiger partial charge in [0.05, 0.1) is 11.6 Å². The van der Waals surface area contributed by atoms with Crippen LogP contribution in [0.2, 0.25) is 0 Å². The van der Waals surface area contributed by atoms with E-state index in [1.54, 1.807) is 0 Å². The number of benzene rings is 1. The smallest absolute Gasteiger partial charge is 0.124 e. The Hall–Kier alpha value is -1.82. The Labute approximate surface area is 102 Å². The van der Waals surface area contributed by atoms with Crippen molar-refractivity contribution >= 4 is 12.0 Å². The van der Waals surface area contributed by atoms with Crippen LogP contribution >= 0.6 is 0 Å². The Morgan fingerprint density at radius 3 is 3.00 bits per heavy atom. The number of nitrogens with zero attached hydrogens (tertiary/aromatic N) is 2. The molecule has 1 aromatic rings. The van der Waals surface area contributed by atoms with Crippen molar-refractivity contribution < 1.29 is 4.79 Å². The summed E-state index contributed by atoms with van der Waals surface area (Å²) in [5, 5.41) is 8.83. The van der Waals surface area contributed by atoms with Gasteiger partial charge < -0.3 is 9.69 Å². The van der Waals surface area contributed by atoms with Gasteiger partial charge in [0.25, 0.3) is 0 Å². The van der Waals surface area contributed by atoms with Gasteiger partial charge in [-0.25, -0.2) is 0 Å². The van der Waals surface area contributed by atoms with Crippen LogP contribution < -0.4 is 4.90 Å². The molecule has 1 aliphatic heterocycles. The predicted molar refractivity (Wildman–Crippen MR) is 66.9 cm³/mol. The Bertz CT molecular complexity index is 462. The molecule has 3 heteroatoms. The Morgan fingerprint density at radius 1 is 1.53 bits per heavy atom. The second kappa shape index (κ2) is 5.01. The first-order chi connectivity index (χ1) is 8.24. The number of nitriles is 1. The maximum Gasteiger partial charge on any atom is 0.124 e. The fraction of sp³-hybridized carbons (Fsp3) is 0.429. The Kier molecular flexibility index (Phi) is 3.43. The molecule has 0 amide bonds. The summed E-state index contributed by atoms with van der Waals surface area (Å²) in [6.45, 7) is 3.81. The maximum absolute atomic E-state index is 10.9. The topological polar surface area (TPSA) is 44.1 Å². The molecule has 0 aliphatic carbocycles. The van der Waals surface area contributed by atoms with Gasteiger partial charge in [0.15, 0.2) is 0 Å². The number of rotatable bonds is 2. The number of carbonyl (C=O) groups is 1. The molecule has 1 unspecified atom stereocenters. The van der Waals surface area contributed by atoms with Crippen molar-refractivity contribution in [1.29, 1.82) is 5.26 Å². The van der Waals surface area contributed by atoms with Crippen molar-refractivity contribution in [3.63, 3.8) is 0 Å². The highest BCUT2D eigenvalue weighted by atomic mass is 16.1. The van der Waals surface area contributed by atoms with Crippen molar-refractivity contribution in [1.82, 2.24) is 0 Å². The van der Waals surface area contributed by atoms with Crippen molar-refractivity contribution in [2.24, 2.45) is 5.92 Å². The third-order valence-electron chi connectivity index (χ3n) is 3.32. The highest BCUT2D eigenvalue weighted by molar-refractivity contribution is 5.60. The lowest BCUT2D eigenvalue weighted by molar-refractivity contribution is -0.111. The predicted octanol–water partition coefficient (Wildman–Crippen LogP) is 2.28. The molecule has 1 heterocycles. The van der Waals surface area contributed by atoms with Crippen LogP contribution in [0.4, 0.5) is 5.69 Å². The van der Waals surface area contributed by atoms with E-state index >= 15 is 0 Å². The van der Waals surface area contributed by atoms with E-state index in [1.807, 2.05) is 25.1 Å². The summed E-state index contributed by atoms with van der Waals surface area (Å²) >= 11 is 0. The van der Waals surface area contributed by atoms with Crippen LogP contribution in [-0.4, -0.2) is 19.4 Å². The van der Waals surface area contributed by atoms with E-state index in [2.05, 4.69) is 11.0 Å². The number of hydrogen-bond donors (Lipinski definition) is 0. The average molecular weight is 228 g/mol. The zero-order valence-electron chi connectivity index (χ0n) is 10.0. The molecule has 1 aromatic carbocycles. The summed E-state index contributed by atoms with van der Waals surface area (Å²) in [4.78, 5) is 13.1. The van der Waals surface area contributed by atoms with E-state index in [4.69, 9.17) is 5.26 Å². The molecule has 0 radical (unpaired) electrons. The molecule has 17 heavy (non-hydrogen) atoms. The summed E-state index contributed by atoms with van der Waals surface area (Å²) in [5.41, 5.74) is 2.95. The summed E-state index contributed by atoms with van der Waals surface area (Å²) < 4.78 is 0. The molecule has 3 nitrogen and oxygen atoms in total. The van der Waals surface area contributed by atoms with Crippen LogP contribution in [0, 0.1) is 24.2 Å². The highest BCUT2D eigenvalue weighted by Gasteiger charge is 2.20. The van der Waals surface area contributed by atoms with Crippen molar-refractivity contribution in [3.8, 4) is 6.07 Å². The summed E-state index contributed by atoms with van der Waals surface area (Å²) in [6.07, 6.45) is 3.11. The molecule has 0 bridgehead atoms. The van der Waals surface area contributed by atoms with Gasteiger partial charge in [-0.3, -0.25) is 0 Å². The molecule has 1 fully saturated rings. The number of carbonyl (C=O) groups excluding carboxylic acids is 1. The zero-order valence-corrected chi connectivity index (χ0v) is 10.0. The van der Waals surface area contributed by atoms with E-state index < -0.39 is 0 Å². The second-order valence-corrected chi connectivity index (χ2v) is 4.60. The highest BCUT2D eigenvalue weighted by Crippen LogP contribution is 2.26. The summed E-state index contributed by atoms with van der Waals surface area (Å²) in [5.74, 6) is 0.152. The SMILES string of the molecule is Cc1cc(C#N)ccc1N1CCCC(C=O)C1. The Morgan fingerprint density at radius 2 is 2.35 bits per heavy atom. The fourth-order valence-electron chi connectivity index (χ4n) is 2.42. The van der Waals surface area contributed by atoms with Crippen LogP contribution in [0.5, 0.6) is 0 Å². The zero-order chi connectivity index (χ0) is 12.3. The van der Waals surface area contributed by atoms with Gasteiger partial charge in [-0.05, 0) is 43.5 Å². The molecule has 0 aromatic heterocycles. The van der Waals surface area contributed by atoms with Gasteiger partial charge in [0, 0.05) is 24.7 Å². The monoisotopic (exact) mass is 228 g/mol. The fourth-order valence-corrected chi connectivity index (χ4v) is 2.42. The summed E-state index contributed by atoms with van der Waals surface area (Å²) in [6, 6.07) is 7.87. The lowest BCUT2D eigenvalue weighted by atomic mass is 9.98. The van der Waals surface area contributed by atoms with Gasteiger partial charge in [0.1, 0.15) is 6.29 Å². The van der Waals surface area contributed by atoms with Gasteiger partial charge in [0.2, 0.25) is 0 Å². The molecule has 0 saturated carbocycles. The third-order valence-corrected chi connectivity index (χ3v) is 3.32. The molecule has 88 valence electrons. The quantitative estimate of drug-likeness (QED) is 0.729. The first-order valence-electron chi connectivity index (χ1n) is 5.95. The number of anilines is 1. The minimum absolute atomic E-state index is 0.152. The Balaban J connectivity index is 2.22. The molecule has 1 saturated heterocycles. The number of hydrogen-bond acceptors (Lipinski definition) is 3. The maximum atomic E-state index is 10.9. The van der Waals surface area contributed by atoms with Crippen molar-refractivity contribution in [3.05, 3.63) is 29.3 Å². The second-order valence-electron chi connectivity index (χ2n) is 4.60. The van der Waals surface area contributed by atoms with Crippen LogP contribution in [0.25, 0.3) is 0 Å². The third kappa shape index (κ3) is 2.47. The molecule has 0 N–H and O–H groups in total. The summed E-state index contributed by atoms with van der Waals surface area (Å²) in [7, 11) is 0. The average Bonchev–Trinajstić information content (AvgIpc) is 2.38. The number of aldehydes is 1. The van der Waals surface area contributed by atoms with Gasteiger partial charge >= 0.3 is 0 Å². The number of piperidine rings is 1. The van der Waals surface area contributed by atoms with Gasteiger partial charge in [-0.2, -0.15) is 5.26 Å². The number of aryl methyl sites for hydroxylation is 1. The molecular weight excluding hydrogens is 212 g/mol. The molecule has 0 spiro atoms. The normalized spacial score (nSPS) is 19.8. The molecular formula is C14H16N2O. The van der Waals surface area contributed by atoms with Gasteiger partial charge in [-0.15, -0.1) is 0 Å². The van der Waals surface area contributed by atoms with E-state index in [0.29, 0.717) is 5.56 Å². The molecule has 2 rings (SSSR count). The van der Waals surface area contributed by atoms with Crippen LogP contribution in [-0.2, 0) is 4.79 Å². The van der Waals surface area contributed by atoms with E-state index in [1.165, 1.54) is 0 Å². The lowest BCUT2D eigenvalue weighted by Crippen LogP contribution is -2.36. The van der Waals surface area contributed by atoms with Crippen LogP contribution in [0.3, 0.4) is 0 Å². The molecule has 1 aliphatic rings. The van der Waals surface area contributed by atoms with Crippen LogP contribution in [0.1, 0.15) is 24.0 Å².